The first kappa shape index (κ1) is 19.1. The van der Waals surface area contributed by atoms with Crippen molar-refractivity contribution in [1.82, 2.24) is 14.5 Å². The van der Waals surface area contributed by atoms with Crippen molar-refractivity contribution in [2.75, 3.05) is 17.2 Å². The Kier molecular flexibility index (Phi) is 4.78. The van der Waals surface area contributed by atoms with Gasteiger partial charge in [-0.1, -0.05) is 36.4 Å². The summed E-state index contributed by atoms with van der Waals surface area (Å²) in [7, 11) is 0. The zero-order valence-corrected chi connectivity index (χ0v) is 17.4. The van der Waals surface area contributed by atoms with Gasteiger partial charge in [-0.05, 0) is 43.5 Å². The number of hydrogen-bond acceptors (Lipinski definition) is 5. The van der Waals surface area contributed by atoms with Crippen LogP contribution in [-0.2, 0) is 13.0 Å². The van der Waals surface area contributed by atoms with Crippen molar-refractivity contribution in [2.45, 2.75) is 26.3 Å². The average Bonchev–Trinajstić information content (AvgIpc) is 3.13. The molecule has 0 saturated heterocycles. The summed E-state index contributed by atoms with van der Waals surface area (Å²) in [6.07, 6.45) is 1.97. The molecule has 1 amide bonds. The standard InChI is InChI=1S/C24H24N6O/c1-15-13-19-17(21(25)31)9-5-11-20(19)30(15)24-28-22-18(10-6-12-26-22)23(29-24)27-14-16-7-3-2-4-8-16/h2-5,7-9,11,13H,6,10,12,14H2,1H3,(H2,25,31)(H2,26,27,28,29). The molecule has 0 saturated carbocycles. The van der Waals surface area contributed by atoms with E-state index >= 15 is 0 Å². The Bertz CT molecular complexity index is 1280. The van der Waals surface area contributed by atoms with Gasteiger partial charge in [-0.2, -0.15) is 9.97 Å². The van der Waals surface area contributed by atoms with E-state index < -0.39 is 5.91 Å². The summed E-state index contributed by atoms with van der Waals surface area (Å²) in [6.45, 7) is 3.55. The van der Waals surface area contributed by atoms with Gasteiger partial charge in [-0.25, -0.2) is 0 Å². The third-order valence-corrected chi connectivity index (χ3v) is 5.69. The highest BCUT2D eigenvalue weighted by molar-refractivity contribution is 6.06. The fraction of sp³-hybridized carbons (Fsp3) is 0.208. The van der Waals surface area contributed by atoms with E-state index in [0.29, 0.717) is 18.1 Å². The molecule has 0 fully saturated rings. The SMILES string of the molecule is Cc1cc2c(C(N)=O)cccc2n1-c1nc2c(c(NCc3ccccc3)n1)CCCN2. The molecule has 2 aromatic heterocycles. The lowest BCUT2D eigenvalue weighted by atomic mass is 10.1. The largest absolute Gasteiger partial charge is 0.370 e. The predicted molar refractivity (Wildman–Crippen MR) is 123 cm³/mol. The molecular weight excluding hydrogens is 388 g/mol. The van der Waals surface area contributed by atoms with E-state index in [4.69, 9.17) is 15.7 Å². The van der Waals surface area contributed by atoms with Gasteiger partial charge >= 0.3 is 0 Å². The van der Waals surface area contributed by atoms with Gasteiger partial charge in [0.1, 0.15) is 11.6 Å². The van der Waals surface area contributed by atoms with Crippen LogP contribution in [0, 0.1) is 6.92 Å². The Morgan fingerprint density at radius 1 is 1.16 bits per heavy atom. The van der Waals surface area contributed by atoms with Crippen molar-refractivity contribution >= 4 is 28.4 Å². The van der Waals surface area contributed by atoms with Crippen LogP contribution in [0.5, 0.6) is 0 Å². The molecule has 1 aliphatic rings. The third kappa shape index (κ3) is 3.48. The number of fused-ring (bicyclic) bond motifs is 2. The lowest BCUT2D eigenvalue weighted by Crippen LogP contribution is -2.19. The molecule has 31 heavy (non-hydrogen) atoms. The number of carbonyl (C=O) groups is 1. The maximum atomic E-state index is 11.9. The van der Waals surface area contributed by atoms with Gasteiger partial charge in [-0.3, -0.25) is 9.36 Å². The lowest BCUT2D eigenvalue weighted by molar-refractivity contribution is 0.100. The first-order chi connectivity index (χ1) is 15.1. The van der Waals surface area contributed by atoms with E-state index in [9.17, 15) is 4.79 Å². The number of amides is 1. The summed E-state index contributed by atoms with van der Waals surface area (Å²) in [5.41, 5.74) is 10.2. The minimum Gasteiger partial charge on any atom is -0.370 e. The van der Waals surface area contributed by atoms with Crippen LogP contribution < -0.4 is 16.4 Å². The smallest absolute Gasteiger partial charge is 0.249 e. The molecular formula is C24H24N6O. The fourth-order valence-corrected chi connectivity index (χ4v) is 4.20. The zero-order valence-electron chi connectivity index (χ0n) is 17.4. The summed E-state index contributed by atoms with van der Waals surface area (Å²) in [4.78, 5) is 21.7. The Balaban J connectivity index is 1.62. The summed E-state index contributed by atoms with van der Waals surface area (Å²) >= 11 is 0. The summed E-state index contributed by atoms with van der Waals surface area (Å²) in [6, 6.07) is 17.8. The van der Waals surface area contributed by atoms with Gasteiger partial charge in [0, 0.05) is 35.3 Å². The molecule has 1 aliphatic heterocycles. The van der Waals surface area contributed by atoms with Gasteiger partial charge in [0.2, 0.25) is 11.9 Å². The number of nitrogens with one attached hydrogen (secondary N) is 2. The van der Waals surface area contributed by atoms with Crippen LogP contribution in [-0.4, -0.2) is 27.0 Å². The number of carbonyl (C=O) groups excluding carboxylic acids is 1. The van der Waals surface area contributed by atoms with Gasteiger partial charge in [0.25, 0.3) is 0 Å². The minimum atomic E-state index is -0.444. The maximum Gasteiger partial charge on any atom is 0.249 e. The molecule has 3 heterocycles. The predicted octanol–water partition coefficient (Wildman–Crippen LogP) is 3.80. The molecule has 2 aromatic carbocycles. The molecule has 0 radical (unpaired) electrons. The average molecular weight is 412 g/mol. The molecule has 0 unspecified atom stereocenters. The molecule has 0 atom stereocenters. The highest BCUT2D eigenvalue weighted by Crippen LogP contribution is 2.31. The van der Waals surface area contributed by atoms with Gasteiger partial charge in [-0.15, -0.1) is 0 Å². The van der Waals surface area contributed by atoms with E-state index in [2.05, 4.69) is 22.8 Å². The van der Waals surface area contributed by atoms with Gasteiger partial charge < -0.3 is 16.4 Å². The highest BCUT2D eigenvalue weighted by atomic mass is 16.1. The van der Waals surface area contributed by atoms with Crippen LogP contribution in [0.25, 0.3) is 16.9 Å². The molecule has 5 rings (SSSR count). The number of anilines is 2. The molecule has 0 aliphatic carbocycles. The quantitative estimate of drug-likeness (QED) is 0.463. The van der Waals surface area contributed by atoms with Gasteiger partial charge in [0.15, 0.2) is 0 Å². The minimum absolute atomic E-state index is 0.444. The highest BCUT2D eigenvalue weighted by Gasteiger charge is 2.21. The molecule has 4 aromatic rings. The van der Waals surface area contributed by atoms with Crippen LogP contribution in [0.15, 0.2) is 54.6 Å². The number of nitrogens with zero attached hydrogens (tertiary/aromatic N) is 3. The van der Waals surface area contributed by atoms with Crippen molar-refractivity contribution in [1.29, 1.82) is 0 Å². The Morgan fingerprint density at radius 3 is 2.81 bits per heavy atom. The van der Waals surface area contributed by atoms with Crippen molar-refractivity contribution in [3.05, 3.63) is 77.0 Å². The van der Waals surface area contributed by atoms with E-state index in [1.54, 1.807) is 6.07 Å². The van der Waals surface area contributed by atoms with E-state index in [0.717, 1.165) is 53.2 Å². The topological polar surface area (TPSA) is 97.9 Å². The van der Waals surface area contributed by atoms with E-state index in [1.807, 2.05) is 47.9 Å². The number of nitrogens with two attached hydrogens (primary N) is 1. The summed E-state index contributed by atoms with van der Waals surface area (Å²) in [5.74, 6) is 1.82. The van der Waals surface area contributed by atoms with Crippen molar-refractivity contribution in [3.63, 3.8) is 0 Å². The second kappa shape index (κ2) is 7.75. The third-order valence-electron chi connectivity index (χ3n) is 5.69. The fourth-order valence-electron chi connectivity index (χ4n) is 4.20. The second-order valence-electron chi connectivity index (χ2n) is 7.79. The van der Waals surface area contributed by atoms with Crippen molar-refractivity contribution in [3.8, 4) is 5.95 Å². The number of primary amides is 1. The Labute approximate surface area is 180 Å². The number of benzene rings is 2. The molecule has 0 bridgehead atoms. The molecule has 4 N–H and O–H groups in total. The van der Waals surface area contributed by atoms with Crippen molar-refractivity contribution in [2.24, 2.45) is 5.73 Å². The first-order valence-electron chi connectivity index (χ1n) is 10.5. The van der Waals surface area contributed by atoms with E-state index in [-0.39, 0.29) is 0 Å². The van der Waals surface area contributed by atoms with Crippen LogP contribution >= 0.6 is 0 Å². The van der Waals surface area contributed by atoms with Crippen LogP contribution in [0.3, 0.4) is 0 Å². The number of aromatic nitrogens is 3. The maximum absolute atomic E-state index is 11.9. The molecule has 7 heteroatoms. The number of rotatable bonds is 5. The Hall–Kier alpha value is -3.87. The second-order valence-corrected chi connectivity index (χ2v) is 7.79. The van der Waals surface area contributed by atoms with Crippen LogP contribution in [0.1, 0.15) is 33.6 Å². The lowest BCUT2D eigenvalue weighted by Gasteiger charge is -2.22. The molecule has 156 valence electrons. The van der Waals surface area contributed by atoms with Crippen LogP contribution in [0.4, 0.5) is 11.6 Å². The summed E-state index contributed by atoms with van der Waals surface area (Å²) < 4.78 is 1.98. The zero-order chi connectivity index (χ0) is 21.4. The number of hydrogen-bond donors (Lipinski definition) is 3. The van der Waals surface area contributed by atoms with Crippen molar-refractivity contribution < 1.29 is 4.79 Å². The molecule has 7 nitrogen and oxygen atoms in total. The monoisotopic (exact) mass is 412 g/mol. The summed E-state index contributed by atoms with van der Waals surface area (Å²) in [5, 5.41) is 7.74. The van der Waals surface area contributed by atoms with Crippen LogP contribution in [0.2, 0.25) is 0 Å². The first-order valence-corrected chi connectivity index (χ1v) is 10.5. The molecule has 0 spiro atoms. The normalized spacial score (nSPS) is 12.9. The van der Waals surface area contributed by atoms with E-state index in [1.165, 1.54) is 5.56 Å². The van der Waals surface area contributed by atoms with Gasteiger partial charge in [0.05, 0.1) is 5.52 Å². The number of aryl methyl sites for hydroxylation is 1. The Morgan fingerprint density at radius 2 is 2.00 bits per heavy atom.